The van der Waals surface area contributed by atoms with E-state index in [9.17, 15) is 9.59 Å². The molecule has 0 saturated carbocycles. The second kappa shape index (κ2) is 6.24. The minimum Gasteiger partial charge on any atom is -0.457 e. The SMILES string of the molecule is Nc1ccc2c(c1)NC(CCc1ccccc1)C(=O)C1CC(=O)OC21. The average molecular weight is 336 g/mol. The van der Waals surface area contributed by atoms with Crippen LogP contribution in [0.25, 0.3) is 0 Å². The third kappa shape index (κ3) is 2.97. The lowest BCUT2D eigenvalue weighted by Crippen LogP contribution is -2.34. The Morgan fingerprint density at radius 3 is 2.72 bits per heavy atom. The molecule has 0 aliphatic carbocycles. The van der Waals surface area contributed by atoms with Gasteiger partial charge in [0.25, 0.3) is 0 Å². The molecule has 0 aromatic heterocycles. The fraction of sp³-hybridized carbons (Fsp3) is 0.300. The van der Waals surface area contributed by atoms with Crippen molar-refractivity contribution in [1.29, 1.82) is 0 Å². The van der Waals surface area contributed by atoms with E-state index < -0.39 is 12.0 Å². The predicted molar refractivity (Wildman–Crippen MR) is 95.0 cm³/mol. The van der Waals surface area contributed by atoms with Crippen LogP contribution in [-0.2, 0) is 20.7 Å². The van der Waals surface area contributed by atoms with Gasteiger partial charge in [0.15, 0.2) is 5.78 Å². The molecule has 0 bridgehead atoms. The van der Waals surface area contributed by atoms with Gasteiger partial charge in [0.05, 0.1) is 18.4 Å². The van der Waals surface area contributed by atoms with Gasteiger partial charge < -0.3 is 15.8 Å². The summed E-state index contributed by atoms with van der Waals surface area (Å²) in [4.78, 5) is 24.8. The Balaban J connectivity index is 1.64. The second-order valence-electron chi connectivity index (χ2n) is 6.69. The van der Waals surface area contributed by atoms with Gasteiger partial charge in [-0.3, -0.25) is 9.59 Å². The first-order valence-electron chi connectivity index (χ1n) is 8.55. The van der Waals surface area contributed by atoms with Gasteiger partial charge in [0.1, 0.15) is 6.10 Å². The van der Waals surface area contributed by atoms with E-state index in [0.717, 1.165) is 17.7 Å². The van der Waals surface area contributed by atoms with Crippen molar-refractivity contribution < 1.29 is 14.3 Å². The van der Waals surface area contributed by atoms with Gasteiger partial charge in [-0.25, -0.2) is 0 Å². The number of nitrogen functional groups attached to an aromatic ring is 1. The maximum absolute atomic E-state index is 13.0. The molecule has 128 valence electrons. The van der Waals surface area contributed by atoms with Crippen molar-refractivity contribution in [3.8, 4) is 0 Å². The standard InChI is InChI=1S/C20H20N2O3/c21-13-7-8-14-17(10-13)22-16(9-6-12-4-2-1-3-5-12)19(24)15-11-18(23)25-20(14)15/h1-5,7-8,10,15-16,20,22H,6,9,11,21H2. The van der Waals surface area contributed by atoms with Crippen LogP contribution in [0.5, 0.6) is 0 Å². The molecule has 2 aromatic rings. The molecule has 2 aliphatic rings. The maximum atomic E-state index is 13.0. The largest absolute Gasteiger partial charge is 0.457 e. The minimum atomic E-state index is -0.509. The fourth-order valence-corrected chi connectivity index (χ4v) is 3.72. The monoisotopic (exact) mass is 336 g/mol. The zero-order valence-corrected chi connectivity index (χ0v) is 13.8. The smallest absolute Gasteiger partial charge is 0.307 e. The number of fused-ring (bicyclic) bond motifs is 3. The van der Waals surface area contributed by atoms with Gasteiger partial charge in [-0.05, 0) is 30.5 Å². The molecular formula is C20H20N2O3. The highest BCUT2D eigenvalue weighted by Gasteiger charge is 2.46. The molecule has 4 rings (SSSR count). The second-order valence-corrected chi connectivity index (χ2v) is 6.69. The van der Waals surface area contributed by atoms with Gasteiger partial charge in [0.2, 0.25) is 0 Å². The Morgan fingerprint density at radius 2 is 1.92 bits per heavy atom. The molecule has 3 atom stereocenters. The number of hydrogen-bond acceptors (Lipinski definition) is 5. The van der Waals surface area contributed by atoms with E-state index in [4.69, 9.17) is 10.5 Å². The Morgan fingerprint density at radius 1 is 1.12 bits per heavy atom. The first-order chi connectivity index (χ1) is 12.1. The van der Waals surface area contributed by atoms with Crippen LogP contribution in [0.3, 0.4) is 0 Å². The van der Waals surface area contributed by atoms with Crippen molar-refractivity contribution in [3.05, 3.63) is 59.7 Å². The molecule has 5 nitrogen and oxygen atoms in total. The molecule has 0 amide bonds. The van der Waals surface area contributed by atoms with Crippen LogP contribution >= 0.6 is 0 Å². The highest BCUT2D eigenvalue weighted by atomic mass is 16.6. The van der Waals surface area contributed by atoms with Crippen LogP contribution in [0.2, 0.25) is 0 Å². The van der Waals surface area contributed by atoms with E-state index in [1.54, 1.807) is 6.07 Å². The number of hydrogen-bond donors (Lipinski definition) is 2. The number of anilines is 2. The number of ketones is 1. The number of Topliss-reactive ketones (excluding diaryl/α,β-unsaturated/α-hetero) is 1. The molecule has 1 fully saturated rings. The van der Waals surface area contributed by atoms with Crippen LogP contribution in [0.1, 0.15) is 30.1 Å². The van der Waals surface area contributed by atoms with Crippen molar-refractivity contribution in [2.75, 3.05) is 11.1 Å². The summed E-state index contributed by atoms with van der Waals surface area (Å²) in [6.07, 6.45) is 1.09. The number of benzene rings is 2. The Kier molecular flexibility index (Phi) is 3.92. The number of carbonyl (C=O) groups excluding carboxylic acids is 2. The minimum absolute atomic E-state index is 0.0431. The zero-order valence-electron chi connectivity index (χ0n) is 13.8. The average Bonchev–Trinajstić information content (AvgIpc) is 2.96. The highest BCUT2D eigenvalue weighted by molar-refractivity contribution is 5.95. The summed E-state index contributed by atoms with van der Waals surface area (Å²) in [6, 6.07) is 15.1. The number of carbonyl (C=O) groups is 2. The zero-order chi connectivity index (χ0) is 17.4. The summed E-state index contributed by atoms with van der Waals surface area (Å²) in [5.41, 5.74) is 9.33. The van der Waals surface area contributed by atoms with E-state index in [2.05, 4.69) is 17.4 Å². The molecule has 3 N–H and O–H groups in total. The third-order valence-corrected chi connectivity index (χ3v) is 5.00. The summed E-state index contributed by atoms with van der Waals surface area (Å²) in [7, 11) is 0. The lowest BCUT2D eigenvalue weighted by atomic mass is 9.88. The van der Waals surface area contributed by atoms with Gasteiger partial charge in [-0.1, -0.05) is 36.4 Å². The maximum Gasteiger partial charge on any atom is 0.307 e. The van der Waals surface area contributed by atoms with Crippen LogP contribution in [0.15, 0.2) is 48.5 Å². The molecule has 25 heavy (non-hydrogen) atoms. The van der Waals surface area contributed by atoms with Gasteiger partial charge in [0, 0.05) is 16.9 Å². The summed E-state index contributed by atoms with van der Waals surface area (Å²) < 4.78 is 5.45. The Labute approximate surface area is 146 Å². The summed E-state index contributed by atoms with van der Waals surface area (Å²) in [5, 5.41) is 3.34. The molecule has 3 unspecified atom stereocenters. The van der Waals surface area contributed by atoms with Crippen molar-refractivity contribution in [1.82, 2.24) is 0 Å². The number of nitrogens with two attached hydrogens (primary N) is 1. The van der Waals surface area contributed by atoms with Crippen molar-refractivity contribution in [3.63, 3.8) is 0 Å². The highest BCUT2D eigenvalue weighted by Crippen LogP contribution is 2.43. The van der Waals surface area contributed by atoms with Crippen LogP contribution in [0, 0.1) is 5.92 Å². The van der Waals surface area contributed by atoms with E-state index >= 15 is 0 Å². The van der Waals surface area contributed by atoms with Crippen LogP contribution in [-0.4, -0.2) is 17.8 Å². The Bertz CT molecular complexity index is 819. The molecule has 5 heteroatoms. The van der Waals surface area contributed by atoms with E-state index in [1.165, 1.54) is 5.56 Å². The third-order valence-electron chi connectivity index (χ3n) is 5.00. The fourth-order valence-electron chi connectivity index (χ4n) is 3.72. The van der Waals surface area contributed by atoms with E-state index in [-0.39, 0.29) is 24.2 Å². The van der Waals surface area contributed by atoms with Crippen molar-refractivity contribution in [2.45, 2.75) is 31.4 Å². The van der Waals surface area contributed by atoms with Crippen molar-refractivity contribution in [2.24, 2.45) is 5.92 Å². The molecule has 0 radical (unpaired) electrons. The summed E-state index contributed by atoms with van der Waals surface area (Å²) in [5.74, 6) is -0.693. The number of rotatable bonds is 3. The molecule has 2 aromatic carbocycles. The quantitative estimate of drug-likeness (QED) is 0.665. The van der Waals surface area contributed by atoms with Gasteiger partial charge in [-0.15, -0.1) is 0 Å². The van der Waals surface area contributed by atoms with Gasteiger partial charge >= 0.3 is 5.97 Å². The normalized spacial score (nSPS) is 24.7. The summed E-state index contributed by atoms with van der Waals surface area (Å²) in [6.45, 7) is 0. The molecule has 2 heterocycles. The Hall–Kier alpha value is -2.82. The molecule has 2 aliphatic heterocycles. The number of nitrogens with one attached hydrogen (secondary N) is 1. The first kappa shape index (κ1) is 15.7. The number of esters is 1. The predicted octanol–water partition coefficient (Wildman–Crippen LogP) is 2.87. The van der Waals surface area contributed by atoms with E-state index in [0.29, 0.717) is 12.1 Å². The first-order valence-corrected chi connectivity index (χ1v) is 8.55. The lowest BCUT2D eigenvalue weighted by Gasteiger charge is -2.18. The van der Waals surface area contributed by atoms with Crippen molar-refractivity contribution >= 4 is 23.1 Å². The van der Waals surface area contributed by atoms with Crippen LogP contribution < -0.4 is 11.1 Å². The van der Waals surface area contributed by atoms with Gasteiger partial charge in [-0.2, -0.15) is 0 Å². The van der Waals surface area contributed by atoms with E-state index in [1.807, 2.05) is 30.3 Å². The molecule has 0 spiro atoms. The lowest BCUT2D eigenvalue weighted by molar-refractivity contribution is -0.141. The molecular weight excluding hydrogens is 316 g/mol. The summed E-state index contributed by atoms with van der Waals surface area (Å²) >= 11 is 0. The number of aryl methyl sites for hydroxylation is 1. The number of ether oxygens (including phenoxy) is 1. The van der Waals surface area contributed by atoms with Crippen LogP contribution in [0.4, 0.5) is 11.4 Å². The topological polar surface area (TPSA) is 81.4 Å². The molecule has 1 saturated heterocycles.